The van der Waals surface area contributed by atoms with Crippen molar-refractivity contribution in [2.75, 3.05) is 31.9 Å². The average molecular weight is 576 g/mol. The number of sulfonamides is 1. The predicted molar refractivity (Wildman–Crippen MR) is 137 cm³/mol. The molecular formula is C24H22BrN3O7S. The summed E-state index contributed by atoms with van der Waals surface area (Å²) in [5, 5.41) is 3.98. The van der Waals surface area contributed by atoms with Gasteiger partial charge in [0.15, 0.2) is 11.5 Å². The third-order valence-electron chi connectivity index (χ3n) is 5.16. The summed E-state index contributed by atoms with van der Waals surface area (Å²) in [5.41, 5.74) is 3.17. The third kappa shape index (κ3) is 5.39. The minimum absolute atomic E-state index is 0.0171. The number of hydrogen-bond acceptors (Lipinski definition) is 8. The van der Waals surface area contributed by atoms with Crippen LogP contribution in [0.4, 0.5) is 5.69 Å². The number of carbonyl (C=O) groups excluding carboxylic acids is 1. The highest BCUT2D eigenvalue weighted by Crippen LogP contribution is 2.37. The number of amides is 1. The Morgan fingerprint density at radius 3 is 2.50 bits per heavy atom. The lowest BCUT2D eigenvalue weighted by Crippen LogP contribution is -2.39. The van der Waals surface area contributed by atoms with Gasteiger partial charge in [-0.05, 0) is 52.3 Å². The molecule has 10 nitrogen and oxygen atoms in total. The smallest absolute Gasteiger partial charge is 0.264 e. The highest BCUT2D eigenvalue weighted by atomic mass is 79.9. The highest BCUT2D eigenvalue weighted by Gasteiger charge is 2.29. The molecule has 0 spiro atoms. The van der Waals surface area contributed by atoms with Crippen LogP contribution in [0.1, 0.15) is 5.56 Å². The monoisotopic (exact) mass is 575 g/mol. The molecule has 1 N–H and O–H groups in total. The number of nitrogens with one attached hydrogen (secondary N) is 1. The van der Waals surface area contributed by atoms with Crippen molar-refractivity contribution in [3.05, 3.63) is 70.7 Å². The molecule has 3 aromatic carbocycles. The number of rotatable bonds is 9. The van der Waals surface area contributed by atoms with Crippen molar-refractivity contribution in [3.63, 3.8) is 0 Å². The second-order valence-electron chi connectivity index (χ2n) is 7.38. The zero-order chi connectivity index (χ0) is 25.7. The molecule has 3 aromatic rings. The zero-order valence-electron chi connectivity index (χ0n) is 19.3. The maximum atomic E-state index is 13.5. The van der Waals surface area contributed by atoms with E-state index in [9.17, 15) is 13.2 Å². The van der Waals surface area contributed by atoms with E-state index in [1.54, 1.807) is 36.4 Å². The second kappa shape index (κ2) is 10.9. The van der Waals surface area contributed by atoms with Crippen LogP contribution in [0.2, 0.25) is 0 Å². The normalized spacial score (nSPS) is 12.4. The van der Waals surface area contributed by atoms with Crippen molar-refractivity contribution in [1.29, 1.82) is 0 Å². The maximum absolute atomic E-state index is 13.5. The molecule has 0 saturated heterocycles. The van der Waals surface area contributed by atoms with Gasteiger partial charge in [0.1, 0.15) is 18.0 Å². The third-order valence-corrected chi connectivity index (χ3v) is 7.62. The van der Waals surface area contributed by atoms with Gasteiger partial charge in [-0.2, -0.15) is 5.10 Å². The first kappa shape index (κ1) is 25.3. The van der Waals surface area contributed by atoms with Gasteiger partial charge in [-0.3, -0.25) is 9.10 Å². The lowest BCUT2D eigenvalue weighted by atomic mass is 10.2. The lowest BCUT2D eigenvalue weighted by Gasteiger charge is -2.25. The van der Waals surface area contributed by atoms with Gasteiger partial charge in [-0.1, -0.05) is 18.2 Å². The first-order chi connectivity index (χ1) is 17.3. The van der Waals surface area contributed by atoms with Crippen molar-refractivity contribution in [3.8, 4) is 23.0 Å². The summed E-state index contributed by atoms with van der Waals surface area (Å²) in [6.45, 7) is -0.431. The summed E-state index contributed by atoms with van der Waals surface area (Å²) in [7, 11) is -1.25. The van der Waals surface area contributed by atoms with E-state index in [0.717, 1.165) is 4.31 Å². The van der Waals surface area contributed by atoms with E-state index in [-0.39, 0.29) is 23.1 Å². The number of carbonyl (C=O) groups is 1. The Kier molecular flexibility index (Phi) is 7.65. The molecule has 1 amide bonds. The number of halogens is 1. The number of nitrogens with zero attached hydrogens (tertiary/aromatic N) is 2. The number of ether oxygens (including phenoxy) is 4. The SMILES string of the molecule is COc1ccc(N(CC(=O)N/N=C/c2cc3c(cc2Br)OCO3)S(=O)(=O)c2ccccc2)c(OC)c1. The molecule has 0 saturated carbocycles. The topological polar surface area (TPSA) is 116 Å². The van der Waals surface area contributed by atoms with E-state index >= 15 is 0 Å². The van der Waals surface area contributed by atoms with Crippen LogP contribution in [0, 0.1) is 0 Å². The summed E-state index contributed by atoms with van der Waals surface area (Å²) in [6, 6.07) is 15.9. The Morgan fingerprint density at radius 1 is 1.08 bits per heavy atom. The summed E-state index contributed by atoms with van der Waals surface area (Å²) in [5.74, 6) is 1.17. The maximum Gasteiger partial charge on any atom is 0.264 e. The molecule has 0 fully saturated rings. The number of hydrazone groups is 1. The van der Waals surface area contributed by atoms with Crippen molar-refractivity contribution in [2.45, 2.75) is 4.90 Å². The van der Waals surface area contributed by atoms with E-state index in [1.165, 1.54) is 44.7 Å². The first-order valence-electron chi connectivity index (χ1n) is 10.5. The Morgan fingerprint density at radius 2 is 1.81 bits per heavy atom. The fourth-order valence-electron chi connectivity index (χ4n) is 3.38. The van der Waals surface area contributed by atoms with Crippen LogP contribution in [0.5, 0.6) is 23.0 Å². The first-order valence-corrected chi connectivity index (χ1v) is 12.8. The molecule has 1 aliphatic rings. The Hall–Kier alpha value is -3.77. The zero-order valence-corrected chi connectivity index (χ0v) is 21.7. The molecule has 1 aliphatic heterocycles. The number of anilines is 1. The Bertz CT molecular complexity index is 1400. The van der Waals surface area contributed by atoms with E-state index < -0.39 is 22.5 Å². The van der Waals surface area contributed by atoms with Crippen LogP contribution < -0.4 is 28.7 Å². The van der Waals surface area contributed by atoms with E-state index in [1.807, 2.05) is 0 Å². The summed E-state index contributed by atoms with van der Waals surface area (Å²) in [4.78, 5) is 12.9. The van der Waals surface area contributed by atoms with Crippen LogP contribution in [0.3, 0.4) is 0 Å². The molecule has 0 atom stereocenters. The van der Waals surface area contributed by atoms with Crippen LogP contribution in [0.15, 0.2) is 75.1 Å². The number of benzene rings is 3. The predicted octanol–water partition coefficient (Wildman–Crippen LogP) is 3.54. The molecule has 0 bridgehead atoms. The minimum Gasteiger partial charge on any atom is -0.497 e. The fraction of sp³-hybridized carbons (Fsp3) is 0.167. The summed E-state index contributed by atoms with van der Waals surface area (Å²) in [6.07, 6.45) is 1.41. The van der Waals surface area contributed by atoms with Gasteiger partial charge < -0.3 is 18.9 Å². The molecule has 36 heavy (non-hydrogen) atoms. The molecule has 1 heterocycles. The van der Waals surface area contributed by atoms with Crippen LogP contribution in [-0.4, -0.2) is 48.1 Å². The second-order valence-corrected chi connectivity index (χ2v) is 10.1. The van der Waals surface area contributed by atoms with E-state index in [2.05, 4.69) is 26.5 Å². The van der Waals surface area contributed by atoms with Crippen LogP contribution in [0.25, 0.3) is 0 Å². The van der Waals surface area contributed by atoms with Gasteiger partial charge >= 0.3 is 0 Å². The van der Waals surface area contributed by atoms with Gasteiger partial charge in [0.05, 0.1) is 31.0 Å². The Balaban J connectivity index is 1.60. The molecule has 0 unspecified atom stereocenters. The minimum atomic E-state index is -4.13. The molecule has 12 heteroatoms. The van der Waals surface area contributed by atoms with Crippen molar-refractivity contribution in [2.24, 2.45) is 5.10 Å². The van der Waals surface area contributed by atoms with Gasteiger partial charge in [0.25, 0.3) is 15.9 Å². The van der Waals surface area contributed by atoms with Gasteiger partial charge in [0.2, 0.25) is 6.79 Å². The number of methoxy groups -OCH3 is 2. The largest absolute Gasteiger partial charge is 0.497 e. The molecule has 0 radical (unpaired) electrons. The number of hydrogen-bond donors (Lipinski definition) is 1. The van der Waals surface area contributed by atoms with Gasteiger partial charge in [-0.25, -0.2) is 13.8 Å². The van der Waals surface area contributed by atoms with Crippen molar-refractivity contribution < 1.29 is 32.2 Å². The van der Waals surface area contributed by atoms with Gasteiger partial charge in [-0.15, -0.1) is 0 Å². The van der Waals surface area contributed by atoms with Crippen LogP contribution >= 0.6 is 15.9 Å². The summed E-state index contributed by atoms with van der Waals surface area (Å²) < 4.78 is 50.0. The molecule has 0 aliphatic carbocycles. The highest BCUT2D eigenvalue weighted by molar-refractivity contribution is 9.10. The molecule has 4 rings (SSSR count). The van der Waals surface area contributed by atoms with E-state index in [4.69, 9.17) is 18.9 Å². The molecular weight excluding hydrogens is 554 g/mol. The molecule has 0 aromatic heterocycles. The Labute approximate surface area is 216 Å². The fourth-order valence-corrected chi connectivity index (χ4v) is 5.26. The lowest BCUT2D eigenvalue weighted by molar-refractivity contribution is -0.119. The summed E-state index contributed by atoms with van der Waals surface area (Å²) >= 11 is 3.42. The quantitative estimate of drug-likeness (QED) is 0.306. The van der Waals surface area contributed by atoms with Crippen LogP contribution in [-0.2, 0) is 14.8 Å². The molecule has 188 valence electrons. The standard InChI is InChI=1S/C24H22BrN3O7S/c1-32-17-8-9-20(21(11-17)33-2)28(36(30,31)18-6-4-3-5-7-18)14-24(29)27-26-13-16-10-22-23(12-19(16)25)35-15-34-22/h3-13H,14-15H2,1-2H3,(H,27,29)/b26-13+. The van der Waals surface area contributed by atoms with Crippen molar-refractivity contribution in [1.82, 2.24) is 5.43 Å². The van der Waals surface area contributed by atoms with Gasteiger partial charge in [0, 0.05) is 16.1 Å². The van der Waals surface area contributed by atoms with E-state index in [0.29, 0.717) is 27.3 Å². The van der Waals surface area contributed by atoms with Crippen molar-refractivity contribution >= 4 is 43.8 Å². The number of fused-ring (bicyclic) bond motifs is 1. The average Bonchev–Trinajstić information content (AvgIpc) is 3.34.